The molecule has 0 fully saturated rings. The Morgan fingerprint density at radius 2 is 1.29 bits per heavy atom. The Bertz CT molecular complexity index is 247. The molecule has 0 N–H and O–H groups in total. The van der Waals surface area contributed by atoms with E-state index in [1.54, 1.807) is 0 Å². The van der Waals surface area contributed by atoms with E-state index < -0.39 is 0 Å². The zero-order valence-corrected chi connectivity index (χ0v) is 12.1. The summed E-state index contributed by atoms with van der Waals surface area (Å²) in [5.74, 6) is 0. The van der Waals surface area contributed by atoms with Crippen molar-refractivity contribution in [2.24, 2.45) is 0 Å². The molecule has 0 saturated carbocycles. The molecule has 2 heteroatoms. The lowest BCUT2D eigenvalue weighted by atomic mass is 10.2. The highest BCUT2D eigenvalue weighted by molar-refractivity contribution is 5.14. The Hall–Kier alpha value is -0.860. The number of benzene rings is 1. The van der Waals surface area contributed by atoms with Crippen LogP contribution in [-0.2, 0) is 6.54 Å². The predicted molar refractivity (Wildman–Crippen MR) is 77.3 cm³/mol. The summed E-state index contributed by atoms with van der Waals surface area (Å²) in [7, 11) is 4.15. The highest BCUT2D eigenvalue weighted by atomic mass is 15.1. The third-order valence-electron chi connectivity index (χ3n) is 2.68. The average molecular weight is 236 g/mol. The van der Waals surface area contributed by atoms with Gasteiger partial charge in [0.15, 0.2) is 0 Å². The number of hydrogen-bond donors (Lipinski definition) is 0. The highest BCUT2D eigenvalue weighted by Crippen LogP contribution is 1.99. The fourth-order valence-electron chi connectivity index (χ4n) is 1.62. The lowest BCUT2D eigenvalue weighted by molar-refractivity contribution is 0.321. The van der Waals surface area contributed by atoms with Gasteiger partial charge in [-0.15, -0.1) is 0 Å². The van der Waals surface area contributed by atoms with Crippen LogP contribution in [0, 0.1) is 0 Å². The SMILES string of the molecule is CCN(CC)CC.CN(C)Cc1ccccc1. The van der Waals surface area contributed by atoms with Gasteiger partial charge in [0.05, 0.1) is 0 Å². The minimum atomic E-state index is 1.03. The first-order valence-electron chi connectivity index (χ1n) is 6.54. The van der Waals surface area contributed by atoms with Crippen LogP contribution in [0.3, 0.4) is 0 Å². The van der Waals surface area contributed by atoms with Crippen LogP contribution in [0.5, 0.6) is 0 Å². The molecule has 0 aromatic heterocycles. The second-order valence-electron chi connectivity index (χ2n) is 4.34. The van der Waals surface area contributed by atoms with E-state index in [-0.39, 0.29) is 0 Å². The molecule has 0 heterocycles. The molecule has 1 aromatic carbocycles. The molecule has 0 spiro atoms. The van der Waals surface area contributed by atoms with Crippen LogP contribution in [0.4, 0.5) is 0 Å². The van der Waals surface area contributed by atoms with Gasteiger partial charge in [-0.2, -0.15) is 0 Å². The van der Waals surface area contributed by atoms with Gasteiger partial charge in [0.1, 0.15) is 0 Å². The number of rotatable bonds is 5. The van der Waals surface area contributed by atoms with Gasteiger partial charge in [0, 0.05) is 6.54 Å². The van der Waals surface area contributed by atoms with Crippen LogP contribution in [0.2, 0.25) is 0 Å². The van der Waals surface area contributed by atoms with E-state index in [1.807, 2.05) is 6.07 Å². The van der Waals surface area contributed by atoms with Crippen molar-refractivity contribution < 1.29 is 0 Å². The molecular formula is C15H28N2. The Balaban J connectivity index is 0.000000325. The standard InChI is InChI=1S/C9H13N.C6H15N/c1-10(2)8-9-6-4-3-5-7-9;1-4-7(5-2)6-3/h3-7H,8H2,1-2H3;4-6H2,1-3H3. The minimum Gasteiger partial charge on any atom is -0.305 e. The van der Waals surface area contributed by atoms with Crippen molar-refractivity contribution in [1.82, 2.24) is 9.80 Å². The smallest absolute Gasteiger partial charge is 0.0227 e. The summed E-state index contributed by atoms with van der Waals surface area (Å²) in [4.78, 5) is 4.54. The van der Waals surface area contributed by atoms with E-state index in [0.717, 1.165) is 6.54 Å². The van der Waals surface area contributed by atoms with Gasteiger partial charge in [-0.3, -0.25) is 0 Å². The molecule has 0 aliphatic heterocycles. The van der Waals surface area contributed by atoms with Crippen molar-refractivity contribution in [3.05, 3.63) is 35.9 Å². The first-order valence-corrected chi connectivity index (χ1v) is 6.54. The lowest BCUT2D eigenvalue weighted by Crippen LogP contribution is -2.21. The van der Waals surface area contributed by atoms with Gasteiger partial charge in [-0.1, -0.05) is 51.1 Å². The third kappa shape index (κ3) is 8.90. The van der Waals surface area contributed by atoms with Gasteiger partial charge >= 0.3 is 0 Å². The first kappa shape index (κ1) is 16.1. The molecule has 1 rings (SSSR count). The molecule has 0 aliphatic carbocycles. The molecule has 0 aliphatic rings. The molecule has 2 nitrogen and oxygen atoms in total. The lowest BCUT2D eigenvalue weighted by Gasteiger charge is -2.13. The molecule has 0 unspecified atom stereocenters. The summed E-state index contributed by atoms with van der Waals surface area (Å²) in [5, 5.41) is 0. The monoisotopic (exact) mass is 236 g/mol. The predicted octanol–water partition coefficient (Wildman–Crippen LogP) is 3.10. The average Bonchev–Trinajstić information content (AvgIpc) is 2.32. The summed E-state index contributed by atoms with van der Waals surface area (Å²) in [6.07, 6.45) is 0. The van der Waals surface area contributed by atoms with Gasteiger partial charge in [-0.05, 0) is 39.3 Å². The van der Waals surface area contributed by atoms with Gasteiger partial charge in [0.25, 0.3) is 0 Å². The highest BCUT2D eigenvalue weighted by Gasteiger charge is 1.90. The van der Waals surface area contributed by atoms with E-state index in [0.29, 0.717) is 0 Å². The zero-order chi connectivity index (χ0) is 13.1. The molecule has 0 amide bonds. The number of nitrogens with zero attached hydrogens (tertiary/aromatic N) is 2. The van der Waals surface area contributed by atoms with Crippen LogP contribution in [0.15, 0.2) is 30.3 Å². The van der Waals surface area contributed by atoms with Crippen molar-refractivity contribution in [3.8, 4) is 0 Å². The van der Waals surface area contributed by atoms with Crippen molar-refractivity contribution in [2.45, 2.75) is 27.3 Å². The molecule has 0 bridgehead atoms. The Morgan fingerprint density at radius 1 is 0.824 bits per heavy atom. The van der Waals surface area contributed by atoms with Crippen LogP contribution in [-0.4, -0.2) is 43.5 Å². The molecule has 17 heavy (non-hydrogen) atoms. The Kier molecular flexibility index (Phi) is 9.78. The summed E-state index contributed by atoms with van der Waals surface area (Å²) >= 11 is 0. The van der Waals surface area contributed by atoms with Crippen LogP contribution in [0.1, 0.15) is 26.3 Å². The molecule has 98 valence electrons. The van der Waals surface area contributed by atoms with Gasteiger partial charge in [-0.25, -0.2) is 0 Å². The molecule has 0 radical (unpaired) electrons. The Morgan fingerprint density at radius 3 is 1.59 bits per heavy atom. The fraction of sp³-hybridized carbons (Fsp3) is 0.600. The fourth-order valence-corrected chi connectivity index (χ4v) is 1.62. The molecular weight excluding hydrogens is 208 g/mol. The second-order valence-corrected chi connectivity index (χ2v) is 4.34. The van der Waals surface area contributed by atoms with Crippen LogP contribution in [0.25, 0.3) is 0 Å². The molecule has 0 atom stereocenters. The topological polar surface area (TPSA) is 6.48 Å². The van der Waals surface area contributed by atoms with Crippen molar-refractivity contribution >= 4 is 0 Å². The van der Waals surface area contributed by atoms with Crippen LogP contribution >= 0.6 is 0 Å². The minimum absolute atomic E-state index is 1.03. The normalized spacial score (nSPS) is 10.3. The van der Waals surface area contributed by atoms with E-state index in [9.17, 15) is 0 Å². The van der Waals surface area contributed by atoms with Crippen molar-refractivity contribution in [2.75, 3.05) is 33.7 Å². The number of hydrogen-bond acceptors (Lipinski definition) is 2. The third-order valence-corrected chi connectivity index (χ3v) is 2.68. The quantitative estimate of drug-likeness (QED) is 0.775. The van der Waals surface area contributed by atoms with Gasteiger partial charge in [0.2, 0.25) is 0 Å². The summed E-state index contributed by atoms with van der Waals surface area (Å²) in [6, 6.07) is 10.5. The Labute approximate surface area is 107 Å². The van der Waals surface area contributed by atoms with Crippen molar-refractivity contribution in [3.63, 3.8) is 0 Å². The molecule has 0 saturated heterocycles. The van der Waals surface area contributed by atoms with Gasteiger partial charge < -0.3 is 9.80 Å². The maximum absolute atomic E-state index is 2.38. The van der Waals surface area contributed by atoms with E-state index >= 15 is 0 Å². The second kappa shape index (κ2) is 10.3. The van der Waals surface area contributed by atoms with Crippen LogP contribution < -0.4 is 0 Å². The van der Waals surface area contributed by atoms with E-state index in [1.165, 1.54) is 25.2 Å². The largest absolute Gasteiger partial charge is 0.305 e. The summed E-state index contributed by atoms with van der Waals surface area (Å²) in [5.41, 5.74) is 1.37. The summed E-state index contributed by atoms with van der Waals surface area (Å²) < 4.78 is 0. The zero-order valence-electron chi connectivity index (χ0n) is 12.1. The van der Waals surface area contributed by atoms with Crippen molar-refractivity contribution in [1.29, 1.82) is 0 Å². The van der Waals surface area contributed by atoms with E-state index in [4.69, 9.17) is 0 Å². The maximum atomic E-state index is 2.38. The maximum Gasteiger partial charge on any atom is 0.0227 e. The summed E-state index contributed by atoms with van der Waals surface area (Å²) in [6.45, 7) is 11.2. The molecule has 1 aromatic rings. The first-order chi connectivity index (χ1) is 8.13. The van der Waals surface area contributed by atoms with E-state index in [2.05, 4.69) is 68.9 Å².